The number of amides is 2. The molecule has 1 aliphatic heterocycles. The van der Waals surface area contributed by atoms with Crippen molar-refractivity contribution in [1.29, 1.82) is 0 Å². The molecule has 0 aromatic heterocycles. The number of piperidine rings is 1. The lowest BCUT2D eigenvalue weighted by Crippen LogP contribution is -2.39. The lowest BCUT2D eigenvalue weighted by molar-refractivity contribution is -0.114. The van der Waals surface area contributed by atoms with E-state index in [9.17, 15) is 18.0 Å². The molecule has 0 atom stereocenters. The lowest BCUT2D eigenvalue weighted by Gasteiger charge is -2.28. The Morgan fingerprint density at radius 2 is 1.64 bits per heavy atom. The van der Waals surface area contributed by atoms with Crippen molar-refractivity contribution in [1.82, 2.24) is 4.90 Å². The molecule has 188 valence electrons. The number of nitrogens with zero attached hydrogens (tertiary/aromatic N) is 2. The fraction of sp³-hybridized carbons (Fsp3) is 0.259. The molecule has 0 unspecified atom stereocenters. The lowest BCUT2D eigenvalue weighted by atomic mass is 10.1. The van der Waals surface area contributed by atoms with Crippen LogP contribution in [0.3, 0.4) is 0 Å². The minimum Gasteiger partial charge on any atom is -0.339 e. The van der Waals surface area contributed by atoms with Gasteiger partial charge in [0.1, 0.15) is 6.54 Å². The summed E-state index contributed by atoms with van der Waals surface area (Å²) in [4.78, 5) is 28.2. The Hall–Kier alpha value is -3.17. The monoisotopic (exact) mass is 569 g/mol. The second kappa shape index (κ2) is 11.3. The number of para-hydroxylation sites is 1. The third-order valence-electron chi connectivity index (χ3n) is 6.07. The van der Waals surface area contributed by atoms with Crippen molar-refractivity contribution in [3.05, 3.63) is 88.4 Å². The normalized spacial score (nSPS) is 13.8. The van der Waals surface area contributed by atoms with E-state index in [1.807, 2.05) is 6.92 Å². The summed E-state index contributed by atoms with van der Waals surface area (Å²) in [5.74, 6) is -0.689. The van der Waals surface area contributed by atoms with E-state index in [0.717, 1.165) is 29.1 Å². The Bertz CT molecular complexity index is 1350. The zero-order chi connectivity index (χ0) is 25.7. The third kappa shape index (κ3) is 5.96. The molecule has 1 N–H and O–H groups in total. The van der Waals surface area contributed by atoms with E-state index in [1.54, 1.807) is 65.6 Å². The number of sulfonamides is 1. The first-order valence-corrected chi connectivity index (χ1v) is 14.0. The second-order valence-corrected chi connectivity index (χ2v) is 11.5. The molecule has 2 amide bonds. The SMILES string of the molecule is Cc1ccc(S(=O)(=O)N(CC(=O)Nc2ccccc2C(=O)N2CCCCC2)c2cccc(Br)c2)cc1. The predicted octanol–water partition coefficient (Wildman–Crippen LogP) is 5.22. The molecule has 3 aromatic rings. The Morgan fingerprint density at radius 3 is 2.33 bits per heavy atom. The quantitative estimate of drug-likeness (QED) is 0.422. The van der Waals surface area contributed by atoms with Crippen molar-refractivity contribution in [2.75, 3.05) is 29.3 Å². The number of carbonyl (C=O) groups excluding carboxylic acids is 2. The van der Waals surface area contributed by atoms with E-state index >= 15 is 0 Å². The first-order chi connectivity index (χ1) is 17.3. The van der Waals surface area contributed by atoms with Gasteiger partial charge in [-0.1, -0.05) is 51.8 Å². The number of anilines is 2. The van der Waals surface area contributed by atoms with Gasteiger partial charge in [-0.2, -0.15) is 0 Å². The van der Waals surface area contributed by atoms with E-state index in [1.165, 1.54) is 12.1 Å². The summed E-state index contributed by atoms with van der Waals surface area (Å²) in [6.07, 6.45) is 3.01. The number of likely N-dealkylation sites (tertiary alicyclic amines) is 1. The minimum atomic E-state index is -4.04. The first-order valence-electron chi connectivity index (χ1n) is 11.8. The Kier molecular flexibility index (Phi) is 8.11. The van der Waals surface area contributed by atoms with Crippen molar-refractivity contribution in [2.24, 2.45) is 0 Å². The average molecular weight is 571 g/mol. The first kappa shape index (κ1) is 25.9. The van der Waals surface area contributed by atoms with Crippen LogP contribution in [0.25, 0.3) is 0 Å². The standard InChI is InChI=1S/C27H28BrN3O4S/c1-20-12-14-23(15-13-20)36(34,35)31(22-9-7-8-21(28)18-22)19-26(32)29-25-11-4-3-10-24(25)27(33)30-16-5-2-6-17-30/h3-4,7-15,18H,2,5-6,16-17,19H2,1H3,(H,29,32). The number of carbonyl (C=O) groups is 2. The van der Waals surface area contributed by atoms with Gasteiger partial charge in [-0.25, -0.2) is 8.42 Å². The molecule has 0 bridgehead atoms. The molecular formula is C27H28BrN3O4S. The molecule has 1 aliphatic rings. The molecule has 3 aromatic carbocycles. The van der Waals surface area contributed by atoms with Gasteiger partial charge in [0.15, 0.2) is 0 Å². The third-order valence-corrected chi connectivity index (χ3v) is 8.35. The number of hydrogen-bond donors (Lipinski definition) is 1. The van der Waals surface area contributed by atoms with Crippen LogP contribution in [-0.4, -0.2) is 44.8 Å². The molecule has 1 fully saturated rings. The highest BCUT2D eigenvalue weighted by atomic mass is 79.9. The molecule has 0 aliphatic carbocycles. The van der Waals surface area contributed by atoms with Crippen LogP contribution in [0.2, 0.25) is 0 Å². The van der Waals surface area contributed by atoms with Crippen LogP contribution in [0.5, 0.6) is 0 Å². The number of benzene rings is 3. The van der Waals surface area contributed by atoms with Crippen molar-refractivity contribution in [3.63, 3.8) is 0 Å². The van der Waals surface area contributed by atoms with E-state index in [0.29, 0.717) is 34.5 Å². The molecule has 9 heteroatoms. The summed E-state index contributed by atoms with van der Waals surface area (Å²) >= 11 is 3.38. The molecular weight excluding hydrogens is 542 g/mol. The van der Waals surface area contributed by atoms with Gasteiger partial charge in [-0.05, 0) is 68.7 Å². The predicted molar refractivity (Wildman–Crippen MR) is 145 cm³/mol. The van der Waals surface area contributed by atoms with Crippen molar-refractivity contribution in [2.45, 2.75) is 31.1 Å². The summed E-state index contributed by atoms with van der Waals surface area (Å²) in [5, 5.41) is 2.77. The minimum absolute atomic E-state index is 0.0848. The number of rotatable bonds is 7. The zero-order valence-corrected chi connectivity index (χ0v) is 22.4. The number of hydrogen-bond acceptors (Lipinski definition) is 4. The molecule has 0 radical (unpaired) electrons. The highest BCUT2D eigenvalue weighted by Crippen LogP contribution is 2.27. The number of nitrogens with one attached hydrogen (secondary N) is 1. The van der Waals surface area contributed by atoms with Gasteiger partial charge in [-0.3, -0.25) is 13.9 Å². The maximum atomic E-state index is 13.6. The van der Waals surface area contributed by atoms with Crippen LogP contribution in [-0.2, 0) is 14.8 Å². The summed E-state index contributed by atoms with van der Waals surface area (Å²) in [6, 6.07) is 20.1. The Balaban J connectivity index is 1.61. The van der Waals surface area contributed by atoms with Crippen LogP contribution in [0.4, 0.5) is 11.4 Å². The zero-order valence-electron chi connectivity index (χ0n) is 20.0. The fourth-order valence-corrected chi connectivity index (χ4v) is 5.95. The van der Waals surface area contributed by atoms with Crippen LogP contribution in [0.15, 0.2) is 82.2 Å². The molecule has 7 nitrogen and oxygen atoms in total. The maximum absolute atomic E-state index is 13.6. The largest absolute Gasteiger partial charge is 0.339 e. The number of aryl methyl sites for hydroxylation is 1. The van der Waals surface area contributed by atoms with Crippen molar-refractivity contribution >= 4 is 49.1 Å². The molecule has 4 rings (SSSR count). The highest BCUT2D eigenvalue weighted by Gasteiger charge is 2.28. The Morgan fingerprint density at radius 1 is 0.944 bits per heavy atom. The van der Waals surface area contributed by atoms with E-state index in [2.05, 4.69) is 21.2 Å². The van der Waals surface area contributed by atoms with Crippen LogP contribution in [0, 0.1) is 6.92 Å². The maximum Gasteiger partial charge on any atom is 0.264 e. The van der Waals surface area contributed by atoms with Crippen LogP contribution < -0.4 is 9.62 Å². The Labute approximate surface area is 220 Å². The highest BCUT2D eigenvalue weighted by molar-refractivity contribution is 9.10. The van der Waals surface area contributed by atoms with E-state index in [4.69, 9.17) is 0 Å². The fourth-order valence-electron chi connectivity index (χ4n) is 4.15. The van der Waals surface area contributed by atoms with E-state index in [-0.39, 0.29) is 10.8 Å². The van der Waals surface area contributed by atoms with Gasteiger partial charge in [0, 0.05) is 17.6 Å². The molecule has 36 heavy (non-hydrogen) atoms. The summed E-state index contributed by atoms with van der Waals surface area (Å²) in [6.45, 7) is 2.79. The summed E-state index contributed by atoms with van der Waals surface area (Å²) in [5.41, 5.74) is 2.02. The van der Waals surface area contributed by atoms with Crippen LogP contribution in [0.1, 0.15) is 35.2 Å². The summed E-state index contributed by atoms with van der Waals surface area (Å²) in [7, 11) is -4.04. The van der Waals surface area contributed by atoms with Gasteiger partial charge in [-0.15, -0.1) is 0 Å². The topological polar surface area (TPSA) is 86.8 Å². The van der Waals surface area contributed by atoms with Crippen LogP contribution >= 0.6 is 15.9 Å². The van der Waals surface area contributed by atoms with Gasteiger partial charge in [0.2, 0.25) is 5.91 Å². The molecule has 0 spiro atoms. The van der Waals surface area contributed by atoms with E-state index < -0.39 is 22.5 Å². The van der Waals surface area contributed by atoms with Crippen molar-refractivity contribution < 1.29 is 18.0 Å². The molecule has 1 heterocycles. The second-order valence-electron chi connectivity index (χ2n) is 8.75. The molecule has 0 saturated carbocycles. The number of halogens is 1. The summed E-state index contributed by atoms with van der Waals surface area (Å²) < 4.78 is 28.9. The average Bonchev–Trinajstić information content (AvgIpc) is 2.88. The van der Waals surface area contributed by atoms with Gasteiger partial charge in [0.25, 0.3) is 15.9 Å². The molecule has 1 saturated heterocycles. The smallest absolute Gasteiger partial charge is 0.264 e. The van der Waals surface area contributed by atoms with Crippen molar-refractivity contribution in [3.8, 4) is 0 Å². The van der Waals surface area contributed by atoms with Gasteiger partial charge >= 0.3 is 0 Å². The van der Waals surface area contributed by atoms with Gasteiger partial charge < -0.3 is 10.2 Å². The van der Waals surface area contributed by atoms with Gasteiger partial charge in [0.05, 0.1) is 21.8 Å².